The molecule has 2 N–H and O–H groups in total. The van der Waals surface area contributed by atoms with E-state index in [1.165, 1.54) is 0 Å². The second kappa shape index (κ2) is 7.71. The van der Waals surface area contributed by atoms with Crippen molar-refractivity contribution in [2.75, 3.05) is 32.8 Å². The van der Waals surface area contributed by atoms with Gasteiger partial charge in [-0.3, -0.25) is 4.79 Å². The quantitative estimate of drug-likeness (QED) is 0.597. The molecule has 1 heterocycles. The molecule has 1 saturated heterocycles. The molecule has 0 bridgehead atoms. The molecule has 0 radical (unpaired) electrons. The van der Waals surface area contributed by atoms with E-state index in [0.29, 0.717) is 6.54 Å². The van der Waals surface area contributed by atoms with Crippen LogP contribution in [0.4, 0.5) is 0 Å². The highest BCUT2D eigenvalue weighted by atomic mass is 16.5. The molecule has 1 fully saturated rings. The van der Waals surface area contributed by atoms with E-state index in [9.17, 15) is 4.79 Å². The third-order valence-corrected chi connectivity index (χ3v) is 2.89. The number of hydrogen-bond acceptors (Lipinski definition) is 4. The fraction of sp³-hybridized carbons (Fsp3) is 0.923. The van der Waals surface area contributed by atoms with E-state index in [1.54, 1.807) is 0 Å². The first-order valence-electron chi connectivity index (χ1n) is 6.75. The first-order chi connectivity index (χ1) is 8.52. The number of amides is 1. The number of nitrogens with one attached hydrogen (secondary N) is 2. The van der Waals surface area contributed by atoms with Gasteiger partial charge >= 0.3 is 0 Å². The fourth-order valence-electron chi connectivity index (χ4n) is 1.64. The summed E-state index contributed by atoms with van der Waals surface area (Å²) in [6, 6.07) is 0. The van der Waals surface area contributed by atoms with Crippen LogP contribution in [0.5, 0.6) is 0 Å². The summed E-state index contributed by atoms with van der Waals surface area (Å²) in [5.74, 6) is -0.0343. The molecule has 1 aliphatic heterocycles. The van der Waals surface area contributed by atoms with Gasteiger partial charge in [0.1, 0.15) is 6.61 Å². The molecule has 0 aromatic rings. The minimum Gasteiger partial charge on any atom is -0.379 e. The molecule has 5 nitrogen and oxygen atoms in total. The van der Waals surface area contributed by atoms with Crippen molar-refractivity contribution < 1.29 is 14.3 Å². The standard InChI is InChI=1S/C13H26N2O3/c1-11(2)17-7-5-4-6-15-12(16)8-18-13(3)9-14-10-13/h11,14H,4-10H2,1-3H3,(H,15,16). The topological polar surface area (TPSA) is 59.6 Å². The van der Waals surface area contributed by atoms with E-state index in [0.717, 1.165) is 32.5 Å². The van der Waals surface area contributed by atoms with Gasteiger partial charge < -0.3 is 20.1 Å². The van der Waals surface area contributed by atoms with Crippen LogP contribution in [-0.4, -0.2) is 50.5 Å². The van der Waals surface area contributed by atoms with Gasteiger partial charge in [0.25, 0.3) is 0 Å². The van der Waals surface area contributed by atoms with Crippen molar-refractivity contribution in [1.82, 2.24) is 10.6 Å². The molecule has 18 heavy (non-hydrogen) atoms. The zero-order valence-electron chi connectivity index (χ0n) is 11.8. The summed E-state index contributed by atoms with van der Waals surface area (Å²) in [6.07, 6.45) is 2.20. The Morgan fingerprint density at radius 1 is 1.39 bits per heavy atom. The van der Waals surface area contributed by atoms with E-state index < -0.39 is 0 Å². The summed E-state index contributed by atoms with van der Waals surface area (Å²) in [6.45, 7) is 9.32. The lowest BCUT2D eigenvalue weighted by atomic mass is 10.0. The van der Waals surface area contributed by atoms with Crippen LogP contribution in [0.15, 0.2) is 0 Å². The molecule has 106 valence electrons. The number of rotatable bonds is 9. The molecule has 0 unspecified atom stereocenters. The molecule has 0 aromatic carbocycles. The van der Waals surface area contributed by atoms with Gasteiger partial charge in [-0.25, -0.2) is 0 Å². The van der Waals surface area contributed by atoms with Crippen LogP contribution in [0.25, 0.3) is 0 Å². The summed E-state index contributed by atoms with van der Waals surface area (Å²) in [5, 5.41) is 5.98. The molecule has 0 aromatic heterocycles. The maximum absolute atomic E-state index is 11.5. The van der Waals surface area contributed by atoms with E-state index in [-0.39, 0.29) is 24.2 Å². The second-order valence-corrected chi connectivity index (χ2v) is 5.32. The maximum atomic E-state index is 11.5. The van der Waals surface area contributed by atoms with Crippen molar-refractivity contribution in [3.05, 3.63) is 0 Å². The lowest BCUT2D eigenvalue weighted by Crippen LogP contribution is -2.59. The smallest absolute Gasteiger partial charge is 0.246 e. The Morgan fingerprint density at radius 3 is 2.67 bits per heavy atom. The van der Waals surface area contributed by atoms with Crippen LogP contribution >= 0.6 is 0 Å². The van der Waals surface area contributed by atoms with Crippen LogP contribution in [-0.2, 0) is 14.3 Å². The highest BCUT2D eigenvalue weighted by Crippen LogP contribution is 2.14. The van der Waals surface area contributed by atoms with Crippen molar-refractivity contribution in [2.24, 2.45) is 0 Å². The molecule has 1 amide bonds. The van der Waals surface area contributed by atoms with Gasteiger partial charge in [-0.2, -0.15) is 0 Å². The molecule has 5 heteroatoms. The van der Waals surface area contributed by atoms with Crippen molar-refractivity contribution in [3.63, 3.8) is 0 Å². The van der Waals surface area contributed by atoms with Crippen molar-refractivity contribution in [1.29, 1.82) is 0 Å². The molecular formula is C13H26N2O3. The van der Waals surface area contributed by atoms with Crippen molar-refractivity contribution >= 4 is 5.91 Å². The van der Waals surface area contributed by atoms with Crippen LogP contribution in [0, 0.1) is 0 Å². The number of carbonyl (C=O) groups excluding carboxylic acids is 1. The molecule has 0 saturated carbocycles. The largest absolute Gasteiger partial charge is 0.379 e. The zero-order chi connectivity index (χ0) is 13.4. The van der Waals surface area contributed by atoms with Gasteiger partial charge in [-0.1, -0.05) is 0 Å². The predicted octanol–water partition coefficient (Wildman–Crippen LogP) is 0.686. The molecular weight excluding hydrogens is 232 g/mol. The van der Waals surface area contributed by atoms with E-state index in [4.69, 9.17) is 9.47 Å². The minimum absolute atomic E-state index is 0.0343. The van der Waals surface area contributed by atoms with Crippen LogP contribution in [0.2, 0.25) is 0 Å². The summed E-state index contributed by atoms with van der Waals surface area (Å²) in [5.41, 5.74) is -0.150. The van der Waals surface area contributed by atoms with Crippen molar-refractivity contribution in [3.8, 4) is 0 Å². The van der Waals surface area contributed by atoms with E-state index >= 15 is 0 Å². The fourth-order valence-corrected chi connectivity index (χ4v) is 1.64. The summed E-state index contributed by atoms with van der Waals surface area (Å²) < 4.78 is 11.0. The Bertz CT molecular complexity index is 253. The Balaban J connectivity index is 1.90. The normalized spacial score (nSPS) is 17.6. The van der Waals surface area contributed by atoms with Crippen LogP contribution < -0.4 is 10.6 Å². The Labute approximate surface area is 110 Å². The van der Waals surface area contributed by atoms with Crippen molar-refractivity contribution in [2.45, 2.75) is 45.3 Å². The monoisotopic (exact) mass is 258 g/mol. The van der Waals surface area contributed by atoms with Gasteiger partial charge in [-0.05, 0) is 33.6 Å². The van der Waals surface area contributed by atoms with Gasteiger partial charge in [0, 0.05) is 26.2 Å². The second-order valence-electron chi connectivity index (χ2n) is 5.32. The highest BCUT2D eigenvalue weighted by molar-refractivity contribution is 5.77. The third kappa shape index (κ3) is 6.33. The molecule has 1 rings (SSSR count). The van der Waals surface area contributed by atoms with E-state index in [2.05, 4.69) is 10.6 Å². The minimum atomic E-state index is -0.150. The first kappa shape index (κ1) is 15.4. The average molecular weight is 258 g/mol. The number of carbonyl (C=O) groups is 1. The Kier molecular flexibility index (Phi) is 6.60. The highest BCUT2D eigenvalue weighted by Gasteiger charge is 2.32. The van der Waals surface area contributed by atoms with Gasteiger partial charge in [0.05, 0.1) is 11.7 Å². The van der Waals surface area contributed by atoms with Gasteiger partial charge in [-0.15, -0.1) is 0 Å². The lowest BCUT2D eigenvalue weighted by molar-refractivity contribution is -0.135. The lowest BCUT2D eigenvalue weighted by Gasteiger charge is -2.38. The third-order valence-electron chi connectivity index (χ3n) is 2.89. The number of ether oxygens (including phenoxy) is 2. The molecule has 0 aliphatic carbocycles. The Hall–Kier alpha value is -0.650. The zero-order valence-corrected chi connectivity index (χ0v) is 11.8. The molecule has 1 aliphatic rings. The molecule has 0 atom stereocenters. The number of hydrogen-bond donors (Lipinski definition) is 2. The van der Waals surface area contributed by atoms with E-state index in [1.807, 2.05) is 20.8 Å². The molecule has 0 spiro atoms. The summed E-state index contributed by atoms with van der Waals surface area (Å²) >= 11 is 0. The SMILES string of the molecule is CC(C)OCCCCNC(=O)COC1(C)CNC1. The van der Waals surface area contributed by atoms with Crippen LogP contribution in [0.3, 0.4) is 0 Å². The number of unbranched alkanes of at least 4 members (excludes halogenated alkanes) is 1. The van der Waals surface area contributed by atoms with Crippen LogP contribution in [0.1, 0.15) is 33.6 Å². The summed E-state index contributed by atoms with van der Waals surface area (Å²) in [4.78, 5) is 11.5. The van der Waals surface area contributed by atoms with Gasteiger partial charge in [0.15, 0.2) is 0 Å². The predicted molar refractivity (Wildman–Crippen MR) is 70.6 cm³/mol. The Morgan fingerprint density at radius 2 is 2.11 bits per heavy atom. The average Bonchev–Trinajstić information content (AvgIpc) is 2.28. The summed E-state index contributed by atoms with van der Waals surface area (Å²) in [7, 11) is 0. The maximum Gasteiger partial charge on any atom is 0.246 e. The first-order valence-corrected chi connectivity index (χ1v) is 6.75. The van der Waals surface area contributed by atoms with Gasteiger partial charge in [0.2, 0.25) is 5.91 Å².